The Morgan fingerprint density at radius 3 is 2.05 bits per heavy atom. The van der Waals surface area contributed by atoms with Crippen LogP contribution in [0.25, 0.3) is 21.8 Å². The molecule has 55 heavy (non-hydrogen) atoms. The van der Waals surface area contributed by atoms with Crippen LogP contribution in [0, 0.1) is 10.1 Å². The molecule has 6 aromatic rings. The van der Waals surface area contributed by atoms with E-state index in [2.05, 4.69) is 64.8 Å². The third-order valence-corrected chi connectivity index (χ3v) is 8.37. The summed E-state index contributed by atoms with van der Waals surface area (Å²) >= 11 is 0. The van der Waals surface area contributed by atoms with Gasteiger partial charge in [0.05, 0.1) is 46.4 Å². The van der Waals surface area contributed by atoms with Crippen LogP contribution in [0.15, 0.2) is 73.7 Å². The van der Waals surface area contributed by atoms with Gasteiger partial charge in [0.15, 0.2) is 12.1 Å². The second kappa shape index (κ2) is 25.7. The Morgan fingerprint density at radius 1 is 0.782 bits per heavy atom. The molecule has 4 aromatic heterocycles. The molecule has 2 aromatic carbocycles. The number of aldehydes is 1. The van der Waals surface area contributed by atoms with Gasteiger partial charge in [-0.25, -0.2) is 9.97 Å². The molecule has 0 aliphatic heterocycles. The Kier molecular flexibility index (Phi) is 20.2. The van der Waals surface area contributed by atoms with Gasteiger partial charge in [0.25, 0.3) is 17.5 Å². The Balaban J connectivity index is 0.000000206. The van der Waals surface area contributed by atoms with Crippen LogP contribution in [0.1, 0.15) is 122 Å². The standard InChI is InChI=1S/C14H19N3O.C14H25N3O.C7H5N3O2.C4H4N2O/c1-2-3-4-5-9-15-14(18)11-7-6-8-13-12(11)10-16-17-13;1-2-3-4-5-6-7-8-9-10-16-14(18)13-11-15-12-17-13;11-10(12)6-1-2-7-5(3-6)4-8-9-7;7-3-4-5-1-2-6-4/h6-8,10H,2-5,9H2,1H3,(H,15,18)(H,16,17);11-12H,2-10H2,1H3,(H,15,17)(H,16,18);1-4H,(H,8,9);1-3H,(H,5,6). The van der Waals surface area contributed by atoms with Crippen molar-refractivity contribution >= 4 is 45.6 Å². The zero-order valence-corrected chi connectivity index (χ0v) is 31.7. The first-order chi connectivity index (χ1) is 26.9. The van der Waals surface area contributed by atoms with Gasteiger partial charge in [-0.2, -0.15) is 10.2 Å². The fourth-order valence-corrected chi connectivity index (χ4v) is 5.34. The first kappa shape index (κ1) is 43.2. The number of benzene rings is 2. The number of nitrogens with one attached hydrogen (secondary N) is 6. The lowest BCUT2D eigenvalue weighted by atomic mass is 10.1. The quantitative estimate of drug-likeness (QED) is 0.0217. The lowest BCUT2D eigenvalue weighted by Gasteiger charge is -2.05. The number of nitrogens with zero attached hydrogens (tertiary/aromatic N) is 5. The van der Waals surface area contributed by atoms with Crippen LogP contribution in [-0.2, 0) is 0 Å². The molecule has 0 bridgehead atoms. The molecule has 0 saturated heterocycles. The van der Waals surface area contributed by atoms with Gasteiger partial charge in [-0.1, -0.05) is 84.1 Å². The number of nitro groups is 1. The summed E-state index contributed by atoms with van der Waals surface area (Å²) in [5.74, 6) is 0.300. The third kappa shape index (κ3) is 16.2. The number of carbonyl (C=O) groups is 3. The Bertz CT molecular complexity index is 1950. The highest BCUT2D eigenvalue weighted by Gasteiger charge is 2.10. The van der Waals surface area contributed by atoms with Crippen LogP contribution in [0.5, 0.6) is 0 Å². The minimum atomic E-state index is -0.424. The van der Waals surface area contributed by atoms with Gasteiger partial charge in [0.2, 0.25) is 0 Å². The van der Waals surface area contributed by atoms with Gasteiger partial charge in [-0.05, 0) is 31.0 Å². The molecule has 0 aliphatic carbocycles. The number of imidazole rings is 2. The maximum absolute atomic E-state index is 12.0. The van der Waals surface area contributed by atoms with Crippen molar-refractivity contribution in [1.29, 1.82) is 0 Å². The summed E-state index contributed by atoms with van der Waals surface area (Å²) in [7, 11) is 0. The maximum Gasteiger partial charge on any atom is 0.270 e. The van der Waals surface area contributed by atoms with Crippen molar-refractivity contribution < 1.29 is 19.3 Å². The number of fused-ring (bicyclic) bond motifs is 2. The highest BCUT2D eigenvalue weighted by molar-refractivity contribution is 6.06. The van der Waals surface area contributed by atoms with Gasteiger partial charge < -0.3 is 20.6 Å². The molecule has 16 heteroatoms. The summed E-state index contributed by atoms with van der Waals surface area (Å²) in [5.41, 5.74) is 3.02. The van der Waals surface area contributed by atoms with E-state index in [1.807, 2.05) is 18.2 Å². The van der Waals surface area contributed by atoms with E-state index >= 15 is 0 Å². The lowest BCUT2D eigenvalue weighted by molar-refractivity contribution is -0.384. The summed E-state index contributed by atoms with van der Waals surface area (Å²) in [4.78, 5) is 56.1. The molecular formula is C39H53N11O5. The monoisotopic (exact) mass is 755 g/mol. The van der Waals surface area contributed by atoms with Crippen molar-refractivity contribution in [2.24, 2.45) is 0 Å². The fraction of sp³-hybridized carbons (Fsp3) is 0.410. The normalized spacial score (nSPS) is 10.3. The van der Waals surface area contributed by atoms with E-state index in [-0.39, 0.29) is 17.5 Å². The Hall–Kier alpha value is -6.19. The first-order valence-corrected chi connectivity index (χ1v) is 18.9. The van der Waals surface area contributed by atoms with Crippen LogP contribution in [0.2, 0.25) is 0 Å². The van der Waals surface area contributed by atoms with Crippen LogP contribution >= 0.6 is 0 Å². The first-order valence-electron chi connectivity index (χ1n) is 18.9. The van der Waals surface area contributed by atoms with E-state index in [1.165, 1.54) is 88.9 Å². The van der Waals surface area contributed by atoms with Crippen molar-refractivity contribution in [2.75, 3.05) is 13.1 Å². The highest BCUT2D eigenvalue weighted by atomic mass is 16.6. The van der Waals surface area contributed by atoms with E-state index < -0.39 is 4.92 Å². The number of H-pyrrole nitrogens is 4. The zero-order valence-electron chi connectivity index (χ0n) is 31.7. The van der Waals surface area contributed by atoms with E-state index in [1.54, 1.807) is 30.9 Å². The molecule has 0 saturated carbocycles. The van der Waals surface area contributed by atoms with E-state index in [9.17, 15) is 24.5 Å². The van der Waals surface area contributed by atoms with E-state index in [0.29, 0.717) is 23.4 Å². The average Bonchev–Trinajstić information content (AvgIpc) is 4.05. The number of nitro benzene ring substituents is 1. The molecule has 2 amide bonds. The molecule has 6 N–H and O–H groups in total. The van der Waals surface area contributed by atoms with Crippen molar-refractivity contribution in [1.82, 2.24) is 51.0 Å². The summed E-state index contributed by atoms with van der Waals surface area (Å²) in [6.07, 6.45) is 25.0. The topological polar surface area (TPSA) is 233 Å². The number of hydrogen-bond donors (Lipinski definition) is 6. The molecule has 0 fully saturated rings. The number of aromatic nitrogens is 8. The number of amides is 2. The summed E-state index contributed by atoms with van der Waals surface area (Å²) in [5, 5.41) is 31.1. The number of hydrogen-bond acceptors (Lipinski definition) is 9. The van der Waals surface area contributed by atoms with E-state index in [4.69, 9.17) is 0 Å². The van der Waals surface area contributed by atoms with Crippen LogP contribution in [-0.4, -0.2) is 76.4 Å². The number of aromatic amines is 4. The lowest BCUT2D eigenvalue weighted by Crippen LogP contribution is -2.24. The second-order valence-electron chi connectivity index (χ2n) is 12.6. The number of rotatable bonds is 18. The van der Waals surface area contributed by atoms with Crippen LogP contribution in [0.4, 0.5) is 5.69 Å². The minimum absolute atomic E-state index is 0.0153. The number of unbranched alkanes of at least 4 members (excludes halogenated alkanes) is 10. The molecule has 0 radical (unpaired) electrons. The highest BCUT2D eigenvalue weighted by Crippen LogP contribution is 2.18. The minimum Gasteiger partial charge on any atom is -0.352 e. The molecule has 294 valence electrons. The second-order valence-corrected chi connectivity index (χ2v) is 12.6. The number of carbonyl (C=O) groups excluding carboxylic acids is 3. The predicted octanol–water partition coefficient (Wildman–Crippen LogP) is 7.85. The third-order valence-electron chi connectivity index (χ3n) is 8.37. The van der Waals surface area contributed by atoms with Gasteiger partial charge in [-0.3, -0.25) is 34.7 Å². The van der Waals surface area contributed by atoms with Crippen LogP contribution < -0.4 is 10.6 Å². The van der Waals surface area contributed by atoms with E-state index in [0.717, 1.165) is 47.7 Å². The van der Waals surface area contributed by atoms with Crippen molar-refractivity contribution in [2.45, 2.75) is 90.9 Å². The van der Waals surface area contributed by atoms with Crippen LogP contribution in [0.3, 0.4) is 0 Å². The average molecular weight is 756 g/mol. The number of non-ortho nitro benzene ring substituents is 1. The van der Waals surface area contributed by atoms with Crippen molar-refractivity contribution in [3.63, 3.8) is 0 Å². The van der Waals surface area contributed by atoms with Gasteiger partial charge in [-0.15, -0.1) is 0 Å². The van der Waals surface area contributed by atoms with Crippen molar-refractivity contribution in [3.8, 4) is 0 Å². The summed E-state index contributed by atoms with van der Waals surface area (Å²) in [6.45, 7) is 5.92. The molecule has 0 atom stereocenters. The van der Waals surface area contributed by atoms with Gasteiger partial charge >= 0.3 is 0 Å². The molecule has 0 spiro atoms. The zero-order chi connectivity index (χ0) is 39.5. The molecule has 0 unspecified atom stereocenters. The smallest absolute Gasteiger partial charge is 0.270 e. The molecule has 4 heterocycles. The molecule has 16 nitrogen and oxygen atoms in total. The largest absolute Gasteiger partial charge is 0.352 e. The Morgan fingerprint density at radius 2 is 1.44 bits per heavy atom. The van der Waals surface area contributed by atoms with Crippen molar-refractivity contribution in [3.05, 3.63) is 101 Å². The summed E-state index contributed by atoms with van der Waals surface area (Å²) < 4.78 is 0. The molecule has 0 aliphatic rings. The van der Waals surface area contributed by atoms with Gasteiger partial charge in [0, 0.05) is 48.4 Å². The fourth-order valence-electron chi connectivity index (χ4n) is 5.34. The molecular weight excluding hydrogens is 703 g/mol. The predicted molar refractivity (Wildman–Crippen MR) is 213 cm³/mol. The maximum atomic E-state index is 12.0. The SMILES string of the molecule is CCCCCCCCCCNC(=O)c1cnc[nH]1.CCCCCCNC(=O)c1cccc2[nH]ncc12.O=Cc1ncc[nH]1.O=[N+]([O-])c1ccc2[nH]ncc2c1. The van der Waals surface area contributed by atoms with Gasteiger partial charge in [0.1, 0.15) is 5.69 Å². The summed E-state index contributed by atoms with van der Waals surface area (Å²) in [6, 6.07) is 10.2. The Labute approximate surface area is 320 Å². The molecule has 6 rings (SSSR count).